The second kappa shape index (κ2) is 8.94. The maximum Gasteiger partial charge on any atom is 0.251 e. The third-order valence-electron chi connectivity index (χ3n) is 2.88. The van der Waals surface area contributed by atoms with Gasteiger partial charge in [-0.3, -0.25) is 9.59 Å². The van der Waals surface area contributed by atoms with E-state index in [0.717, 1.165) is 25.0 Å². The Kier molecular flexibility index (Phi) is 7.21. The predicted octanol–water partition coefficient (Wildman–Crippen LogP) is 1.33. The number of anilines is 1. The van der Waals surface area contributed by atoms with Crippen LogP contribution >= 0.6 is 0 Å². The van der Waals surface area contributed by atoms with Gasteiger partial charge in [0.2, 0.25) is 5.91 Å². The zero-order chi connectivity index (χ0) is 15.7. The van der Waals surface area contributed by atoms with Crippen LogP contribution in [0.15, 0.2) is 12.1 Å². The Morgan fingerprint density at radius 3 is 2.52 bits per heavy atom. The number of carbonyl (C=O) groups is 2. The third kappa shape index (κ3) is 5.81. The normalized spacial score (nSPS) is 10.0. The molecule has 2 amide bonds. The molecule has 1 aromatic heterocycles. The van der Waals surface area contributed by atoms with Crippen molar-refractivity contribution in [1.82, 2.24) is 15.6 Å². The fourth-order valence-electron chi connectivity index (χ4n) is 1.82. The van der Waals surface area contributed by atoms with E-state index in [1.165, 1.54) is 0 Å². The first-order valence-electron chi connectivity index (χ1n) is 7.34. The Morgan fingerprint density at radius 2 is 1.90 bits per heavy atom. The quantitative estimate of drug-likeness (QED) is 0.675. The van der Waals surface area contributed by atoms with Gasteiger partial charge in [-0.25, -0.2) is 4.98 Å². The molecule has 0 saturated carbocycles. The summed E-state index contributed by atoms with van der Waals surface area (Å²) in [5.41, 5.74) is 1.38. The van der Waals surface area contributed by atoms with Crippen molar-refractivity contribution in [2.45, 2.75) is 33.1 Å². The van der Waals surface area contributed by atoms with Gasteiger partial charge in [-0.2, -0.15) is 0 Å². The van der Waals surface area contributed by atoms with E-state index in [2.05, 4.69) is 27.9 Å². The Balaban J connectivity index is 2.68. The average Bonchev–Trinajstić information content (AvgIpc) is 2.50. The summed E-state index contributed by atoms with van der Waals surface area (Å²) >= 11 is 0. The highest BCUT2D eigenvalue weighted by Gasteiger charge is 2.10. The smallest absolute Gasteiger partial charge is 0.251 e. The van der Waals surface area contributed by atoms with Crippen LogP contribution in [0.25, 0.3) is 0 Å². The third-order valence-corrected chi connectivity index (χ3v) is 2.88. The lowest BCUT2D eigenvalue weighted by atomic mass is 10.1. The first kappa shape index (κ1) is 16.9. The van der Waals surface area contributed by atoms with Gasteiger partial charge in [-0.1, -0.05) is 20.3 Å². The highest BCUT2D eigenvalue weighted by molar-refractivity contribution is 5.97. The van der Waals surface area contributed by atoms with Crippen molar-refractivity contribution in [3.63, 3.8) is 0 Å². The number of rotatable bonds is 8. The van der Waals surface area contributed by atoms with E-state index >= 15 is 0 Å². The lowest BCUT2D eigenvalue weighted by molar-refractivity contribution is -0.120. The molecule has 1 aromatic rings. The van der Waals surface area contributed by atoms with E-state index in [4.69, 9.17) is 0 Å². The molecule has 0 bridgehead atoms. The minimum absolute atomic E-state index is 0.0147. The van der Waals surface area contributed by atoms with Crippen molar-refractivity contribution < 1.29 is 9.59 Å². The average molecular weight is 292 g/mol. The number of aryl methyl sites for hydroxylation is 1. The Bertz CT molecular complexity index is 489. The number of hydrogen-bond donors (Lipinski definition) is 3. The first-order valence-corrected chi connectivity index (χ1v) is 7.34. The van der Waals surface area contributed by atoms with Crippen molar-refractivity contribution in [3.8, 4) is 0 Å². The molecule has 0 aromatic carbocycles. The van der Waals surface area contributed by atoms with Crippen LogP contribution in [0.3, 0.4) is 0 Å². The summed E-state index contributed by atoms with van der Waals surface area (Å²) in [6.07, 6.45) is 2.64. The zero-order valence-corrected chi connectivity index (χ0v) is 13.0. The monoisotopic (exact) mass is 292 g/mol. The summed E-state index contributed by atoms with van der Waals surface area (Å²) in [5.74, 6) is 0.210. The van der Waals surface area contributed by atoms with Gasteiger partial charge in [0.25, 0.3) is 5.91 Å². The van der Waals surface area contributed by atoms with Gasteiger partial charge in [0, 0.05) is 24.8 Å². The minimum atomic E-state index is -0.266. The van der Waals surface area contributed by atoms with Crippen LogP contribution < -0.4 is 16.0 Å². The molecule has 6 heteroatoms. The van der Waals surface area contributed by atoms with Gasteiger partial charge in [0.05, 0.1) is 6.54 Å². The molecule has 0 spiro atoms. The number of amides is 2. The second-order valence-electron chi connectivity index (χ2n) is 4.77. The van der Waals surface area contributed by atoms with Crippen LogP contribution in [0.5, 0.6) is 0 Å². The Hall–Kier alpha value is -2.11. The maximum atomic E-state index is 12.1. The van der Waals surface area contributed by atoms with Crippen LogP contribution in [-0.4, -0.2) is 36.9 Å². The summed E-state index contributed by atoms with van der Waals surface area (Å²) in [5, 5.41) is 8.28. The van der Waals surface area contributed by atoms with Crippen LogP contribution in [-0.2, 0) is 11.2 Å². The standard InChI is InChI=1S/C15H24N4O2/c1-4-6-12-8-11(9-13(16-3)19-12)15(21)18-10-14(20)17-7-5-2/h8-9H,4-7,10H2,1-3H3,(H,16,19)(H,17,20)(H,18,21). The van der Waals surface area contributed by atoms with Crippen molar-refractivity contribution in [2.24, 2.45) is 0 Å². The molecule has 1 heterocycles. The summed E-state index contributed by atoms with van der Waals surface area (Å²) in [4.78, 5) is 28.0. The highest BCUT2D eigenvalue weighted by Crippen LogP contribution is 2.11. The van der Waals surface area contributed by atoms with E-state index in [1.54, 1.807) is 19.2 Å². The van der Waals surface area contributed by atoms with E-state index < -0.39 is 0 Å². The summed E-state index contributed by atoms with van der Waals surface area (Å²) in [6.45, 7) is 4.64. The molecule has 116 valence electrons. The van der Waals surface area contributed by atoms with E-state index in [1.807, 2.05) is 6.92 Å². The Labute approximate surface area is 125 Å². The summed E-state index contributed by atoms with van der Waals surface area (Å²) in [7, 11) is 1.76. The fourth-order valence-corrected chi connectivity index (χ4v) is 1.82. The van der Waals surface area contributed by atoms with Gasteiger partial charge >= 0.3 is 0 Å². The van der Waals surface area contributed by atoms with Gasteiger partial charge < -0.3 is 16.0 Å². The molecule has 21 heavy (non-hydrogen) atoms. The van der Waals surface area contributed by atoms with E-state index in [-0.39, 0.29) is 18.4 Å². The van der Waals surface area contributed by atoms with E-state index in [9.17, 15) is 9.59 Å². The molecule has 0 atom stereocenters. The van der Waals surface area contributed by atoms with Crippen molar-refractivity contribution in [2.75, 3.05) is 25.5 Å². The molecular formula is C15H24N4O2. The van der Waals surface area contributed by atoms with Crippen LogP contribution in [0.4, 0.5) is 5.82 Å². The lowest BCUT2D eigenvalue weighted by Crippen LogP contribution is -2.37. The predicted molar refractivity (Wildman–Crippen MR) is 83.4 cm³/mol. The first-order chi connectivity index (χ1) is 10.1. The number of carbonyl (C=O) groups excluding carboxylic acids is 2. The molecule has 0 fully saturated rings. The number of nitrogens with zero attached hydrogens (tertiary/aromatic N) is 1. The van der Waals surface area contributed by atoms with Crippen molar-refractivity contribution in [3.05, 3.63) is 23.4 Å². The Morgan fingerprint density at radius 1 is 1.14 bits per heavy atom. The van der Waals surface area contributed by atoms with Gasteiger partial charge in [-0.15, -0.1) is 0 Å². The molecule has 0 aliphatic carbocycles. The van der Waals surface area contributed by atoms with Gasteiger partial charge in [-0.05, 0) is 25.0 Å². The van der Waals surface area contributed by atoms with Crippen LogP contribution in [0, 0.1) is 0 Å². The molecule has 6 nitrogen and oxygen atoms in total. The lowest BCUT2D eigenvalue weighted by Gasteiger charge is -2.09. The number of hydrogen-bond acceptors (Lipinski definition) is 4. The highest BCUT2D eigenvalue weighted by atomic mass is 16.2. The minimum Gasteiger partial charge on any atom is -0.373 e. The number of nitrogens with one attached hydrogen (secondary N) is 3. The largest absolute Gasteiger partial charge is 0.373 e. The molecule has 0 radical (unpaired) electrons. The number of aromatic nitrogens is 1. The molecular weight excluding hydrogens is 268 g/mol. The van der Waals surface area contributed by atoms with Crippen LogP contribution in [0.2, 0.25) is 0 Å². The van der Waals surface area contributed by atoms with Crippen LogP contribution in [0.1, 0.15) is 42.7 Å². The summed E-state index contributed by atoms with van der Waals surface area (Å²) < 4.78 is 0. The number of pyridine rings is 1. The molecule has 1 rings (SSSR count). The zero-order valence-electron chi connectivity index (χ0n) is 13.0. The van der Waals surface area contributed by atoms with Crippen molar-refractivity contribution >= 4 is 17.6 Å². The molecule has 0 aliphatic rings. The maximum absolute atomic E-state index is 12.1. The van der Waals surface area contributed by atoms with Gasteiger partial charge in [0.15, 0.2) is 0 Å². The molecule has 0 unspecified atom stereocenters. The fraction of sp³-hybridized carbons (Fsp3) is 0.533. The molecule has 3 N–H and O–H groups in total. The SMILES string of the molecule is CCCNC(=O)CNC(=O)c1cc(CCC)nc(NC)c1. The second-order valence-corrected chi connectivity index (χ2v) is 4.77. The van der Waals surface area contributed by atoms with E-state index in [0.29, 0.717) is 17.9 Å². The molecule has 0 saturated heterocycles. The summed E-state index contributed by atoms with van der Waals surface area (Å²) in [6, 6.07) is 3.45. The molecule has 0 aliphatic heterocycles. The van der Waals surface area contributed by atoms with Gasteiger partial charge in [0.1, 0.15) is 5.82 Å². The topological polar surface area (TPSA) is 83.1 Å². The van der Waals surface area contributed by atoms with Crippen molar-refractivity contribution in [1.29, 1.82) is 0 Å².